The van der Waals surface area contributed by atoms with Crippen molar-refractivity contribution < 1.29 is 10.0 Å². The Morgan fingerprint density at radius 3 is 2.14 bits per heavy atom. The maximum atomic E-state index is 9.30. The van der Waals surface area contributed by atoms with Gasteiger partial charge in [-0.05, 0) is 39.8 Å². The highest BCUT2D eigenvalue weighted by atomic mass is 32.1. The molecule has 28 heavy (non-hydrogen) atoms. The zero-order valence-corrected chi connectivity index (χ0v) is 15.9. The predicted octanol–water partition coefficient (Wildman–Crippen LogP) is 5.07. The molecule has 0 bridgehead atoms. The van der Waals surface area contributed by atoms with Crippen molar-refractivity contribution in [3.8, 4) is 22.3 Å². The van der Waals surface area contributed by atoms with Crippen LogP contribution in [0, 0.1) is 0 Å². The average Bonchev–Trinajstić information content (AvgIpc) is 3.13. The summed E-state index contributed by atoms with van der Waals surface area (Å²) < 4.78 is 2.61. The molecule has 0 radical (unpaired) electrons. The van der Waals surface area contributed by atoms with Crippen molar-refractivity contribution in [2.24, 2.45) is 0 Å². The molecule has 0 aliphatic carbocycles. The Morgan fingerprint density at radius 2 is 1.32 bits per heavy atom. The lowest BCUT2D eigenvalue weighted by Crippen LogP contribution is -2.29. The fourth-order valence-corrected chi connectivity index (χ4v) is 4.93. The number of fused-ring (bicyclic) bond motifs is 3. The largest absolute Gasteiger partial charge is 0.488 e. The molecule has 0 saturated heterocycles. The van der Waals surface area contributed by atoms with Crippen LogP contribution in [0.4, 0.5) is 0 Å². The lowest BCUT2D eigenvalue weighted by Gasteiger charge is -2.08. The first-order chi connectivity index (χ1) is 13.7. The molecule has 5 aromatic rings. The van der Waals surface area contributed by atoms with E-state index in [1.165, 1.54) is 31.3 Å². The van der Waals surface area contributed by atoms with Gasteiger partial charge in [0.2, 0.25) is 0 Å². The van der Waals surface area contributed by atoms with E-state index in [2.05, 4.69) is 66.7 Å². The molecule has 0 fully saturated rings. The van der Waals surface area contributed by atoms with Crippen molar-refractivity contribution >= 4 is 44.1 Å². The molecule has 0 amide bonds. The maximum absolute atomic E-state index is 9.30. The minimum absolute atomic E-state index is 0.495. The van der Waals surface area contributed by atoms with E-state index < -0.39 is 7.12 Å². The summed E-state index contributed by atoms with van der Waals surface area (Å²) in [5.74, 6) is 0. The van der Waals surface area contributed by atoms with Crippen LogP contribution in [0.15, 0.2) is 91.0 Å². The first-order valence-electron chi connectivity index (χ1n) is 9.18. The fraction of sp³-hybridized carbons (Fsp3) is 0. The lowest BCUT2D eigenvalue weighted by atomic mass is 9.80. The second-order valence-corrected chi connectivity index (χ2v) is 7.91. The zero-order chi connectivity index (χ0) is 19.1. The molecule has 134 valence electrons. The lowest BCUT2D eigenvalue weighted by molar-refractivity contribution is 0.426. The third-order valence-electron chi connectivity index (χ3n) is 5.12. The van der Waals surface area contributed by atoms with Gasteiger partial charge in [0, 0.05) is 20.2 Å². The third-order valence-corrected chi connectivity index (χ3v) is 6.34. The normalized spacial score (nSPS) is 11.2. The summed E-state index contributed by atoms with van der Waals surface area (Å²) in [6, 6.07) is 30.9. The smallest absolute Gasteiger partial charge is 0.423 e. The van der Waals surface area contributed by atoms with E-state index in [4.69, 9.17) is 0 Å². The number of benzene rings is 4. The minimum Gasteiger partial charge on any atom is -0.423 e. The molecule has 0 unspecified atom stereocenters. The summed E-state index contributed by atoms with van der Waals surface area (Å²) in [4.78, 5) is 0. The van der Waals surface area contributed by atoms with Gasteiger partial charge in [0.25, 0.3) is 0 Å². The molecule has 0 aliphatic rings. The number of thiophene rings is 1. The van der Waals surface area contributed by atoms with Gasteiger partial charge in [-0.15, -0.1) is 11.3 Å². The number of hydrogen-bond acceptors (Lipinski definition) is 3. The van der Waals surface area contributed by atoms with Crippen LogP contribution in [0.2, 0.25) is 0 Å². The van der Waals surface area contributed by atoms with Crippen molar-refractivity contribution in [3.05, 3.63) is 91.0 Å². The van der Waals surface area contributed by atoms with Crippen molar-refractivity contribution in [2.75, 3.05) is 0 Å². The van der Waals surface area contributed by atoms with E-state index in [0.717, 1.165) is 11.1 Å². The fourth-order valence-electron chi connectivity index (χ4n) is 3.69. The van der Waals surface area contributed by atoms with Gasteiger partial charge in [0.1, 0.15) is 0 Å². The van der Waals surface area contributed by atoms with Crippen LogP contribution in [0.25, 0.3) is 42.4 Å². The van der Waals surface area contributed by atoms with E-state index >= 15 is 0 Å². The van der Waals surface area contributed by atoms with Gasteiger partial charge in [-0.3, -0.25) is 0 Å². The highest BCUT2D eigenvalue weighted by Gasteiger charge is 2.12. The van der Waals surface area contributed by atoms with Crippen molar-refractivity contribution in [1.29, 1.82) is 0 Å². The van der Waals surface area contributed by atoms with Crippen LogP contribution in [0.1, 0.15) is 0 Å². The molecule has 0 atom stereocenters. The van der Waals surface area contributed by atoms with E-state index in [-0.39, 0.29) is 0 Å². The molecule has 4 aromatic carbocycles. The Kier molecular flexibility index (Phi) is 4.25. The van der Waals surface area contributed by atoms with Crippen molar-refractivity contribution in [3.63, 3.8) is 0 Å². The molecule has 0 saturated carbocycles. The molecule has 5 rings (SSSR count). The van der Waals surface area contributed by atoms with Crippen LogP contribution < -0.4 is 5.46 Å². The van der Waals surface area contributed by atoms with E-state index in [9.17, 15) is 10.0 Å². The quantitative estimate of drug-likeness (QED) is 0.429. The summed E-state index contributed by atoms with van der Waals surface area (Å²) >= 11 is 1.83. The summed E-state index contributed by atoms with van der Waals surface area (Å²) in [7, 11) is -1.44. The Morgan fingerprint density at radius 1 is 0.607 bits per heavy atom. The Balaban J connectivity index is 1.63. The molecule has 2 N–H and O–H groups in total. The standard InChI is InChI=1S/C24H17BO2S/c26-25(27)19-13-11-16(12-14-19)17-5-3-6-18(15-17)20-8-4-9-22-21-7-1-2-10-23(21)28-24(20)22/h1-15,26-27H. The van der Waals surface area contributed by atoms with Gasteiger partial charge >= 0.3 is 7.12 Å². The van der Waals surface area contributed by atoms with Crippen LogP contribution in [-0.2, 0) is 0 Å². The van der Waals surface area contributed by atoms with E-state index in [1.54, 1.807) is 12.1 Å². The van der Waals surface area contributed by atoms with Crippen molar-refractivity contribution in [2.45, 2.75) is 0 Å². The van der Waals surface area contributed by atoms with E-state index in [1.807, 2.05) is 23.5 Å². The molecule has 1 aromatic heterocycles. The summed E-state index contributed by atoms with van der Waals surface area (Å²) in [5.41, 5.74) is 5.07. The van der Waals surface area contributed by atoms with Gasteiger partial charge in [0.15, 0.2) is 0 Å². The topological polar surface area (TPSA) is 40.5 Å². The SMILES string of the molecule is OB(O)c1ccc(-c2cccc(-c3cccc4c3sc3ccccc34)c2)cc1. The second-order valence-electron chi connectivity index (χ2n) is 6.86. The Hall–Kier alpha value is -2.92. The highest BCUT2D eigenvalue weighted by molar-refractivity contribution is 7.26. The molecular weight excluding hydrogens is 363 g/mol. The first kappa shape index (κ1) is 17.2. The Labute approximate surface area is 167 Å². The molecule has 0 spiro atoms. The monoisotopic (exact) mass is 380 g/mol. The molecule has 1 heterocycles. The average molecular weight is 380 g/mol. The van der Waals surface area contributed by atoms with Gasteiger partial charge in [0.05, 0.1) is 0 Å². The van der Waals surface area contributed by atoms with Gasteiger partial charge in [-0.2, -0.15) is 0 Å². The minimum atomic E-state index is -1.44. The molecule has 0 aliphatic heterocycles. The Bertz CT molecular complexity index is 1290. The van der Waals surface area contributed by atoms with Crippen LogP contribution in [0.3, 0.4) is 0 Å². The van der Waals surface area contributed by atoms with Crippen LogP contribution >= 0.6 is 11.3 Å². The molecule has 2 nitrogen and oxygen atoms in total. The molecule has 4 heteroatoms. The maximum Gasteiger partial charge on any atom is 0.488 e. The van der Waals surface area contributed by atoms with Crippen LogP contribution in [-0.4, -0.2) is 17.2 Å². The van der Waals surface area contributed by atoms with Gasteiger partial charge in [-0.25, -0.2) is 0 Å². The highest BCUT2D eigenvalue weighted by Crippen LogP contribution is 2.40. The van der Waals surface area contributed by atoms with Gasteiger partial charge < -0.3 is 10.0 Å². The summed E-state index contributed by atoms with van der Waals surface area (Å²) in [5, 5.41) is 21.2. The zero-order valence-electron chi connectivity index (χ0n) is 15.0. The van der Waals surface area contributed by atoms with Crippen molar-refractivity contribution in [1.82, 2.24) is 0 Å². The summed E-state index contributed by atoms with van der Waals surface area (Å²) in [6.45, 7) is 0. The second kappa shape index (κ2) is 6.91. The van der Waals surface area contributed by atoms with Gasteiger partial charge in [-0.1, -0.05) is 78.9 Å². The number of hydrogen-bond donors (Lipinski definition) is 2. The summed E-state index contributed by atoms with van der Waals surface area (Å²) in [6.07, 6.45) is 0. The first-order valence-corrected chi connectivity index (χ1v) is 9.99. The molecular formula is C24H17BO2S. The number of rotatable bonds is 3. The van der Waals surface area contributed by atoms with E-state index in [0.29, 0.717) is 5.46 Å². The third kappa shape index (κ3) is 2.92. The predicted molar refractivity (Wildman–Crippen MR) is 120 cm³/mol. The van der Waals surface area contributed by atoms with Crippen LogP contribution in [0.5, 0.6) is 0 Å².